The van der Waals surface area contributed by atoms with E-state index >= 15 is 0 Å². The summed E-state index contributed by atoms with van der Waals surface area (Å²) in [5.74, 6) is 0. The largest absolute Gasteiger partial charge is 0.396 e. The average molecular weight is 232 g/mol. The minimum Gasteiger partial charge on any atom is -0.396 e. The van der Waals surface area contributed by atoms with E-state index in [-0.39, 0.29) is 0 Å². The Morgan fingerprint density at radius 2 is 1.94 bits per heavy atom. The van der Waals surface area contributed by atoms with E-state index in [0.29, 0.717) is 12.0 Å². The van der Waals surface area contributed by atoms with Gasteiger partial charge in [-0.25, -0.2) is 0 Å². The molecule has 0 aromatic heterocycles. The summed E-state index contributed by atoms with van der Waals surface area (Å²) in [7, 11) is 0. The Kier molecular flexibility index (Phi) is 3.31. The van der Waals surface area contributed by atoms with Crippen LogP contribution in [-0.4, -0.2) is 11.7 Å². The van der Waals surface area contributed by atoms with Crippen molar-refractivity contribution in [3.63, 3.8) is 0 Å². The third-order valence-electron chi connectivity index (χ3n) is 4.07. The van der Waals surface area contributed by atoms with Gasteiger partial charge in [-0.05, 0) is 72.8 Å². The Hall–Kier alpha value is -0.820. The highest BCUT2D eigenvalue weighted by Gasteiger charge is 2.30. The predicted octanol–water partition coefficient (Wildman–Crippen LogP) is 3.35. The number of benzene rings is 1. The van der Waals surface area contributed by atoms with Gasteiger partial charge < -0.3 is 5.11 Å². The number of fused-ring (bicyclic) bond motifs is 1. The molecule has 1 aliphatic carbocycles. The van der Waals surface area contributed by atoms with Gasteiger partial charge in [0.05, 0.1) is 0 Å². The monoisotopic (exact) mass is 232 g/mol. The zero-order valence-corrected chi connectivity index (χ0v) is 11.6. The number of aliphatic hydroxyl groups is 1. The molecule has 1 nitrogen and oxygen atoms in total. The zero-order chi connectivity index (χ0) is 12.6. The van der Waals surface area contributed by atoms with Gasteiger partial charge >= 0.3 is 0 Å². The fourth-order valence-corrected chi connectivity index (χ4v) is 3.26. The zero-order valence-electron chi connectivity index (χ0n) is 11.6. The quantitative estimate of drug-likeness (QED) is 0.847. The highest BCUT2D eigenvalue weighted by molar-refractivity contribution is 5.48. The van der Waals surface area contributed by atoms with Crippen LogP contribution in [0.25, 0.3) is 0 Å². The summed E-state index contributed by atoms with van der Waals surface area (Å²) in [5, 5.41) is 8.99. The van der Waals surface area contributed by atoms with Crippen molar-refractivity contribution in [1.82, 2.24) is 0 Å². The second kappa shape index (κ2) is 4.45. The lowest BCUT2D eigenvalue weighted by molar-refractivity contribution is 0.288. The Labute approximate surface area is 105 Å². The van der Waals surface area contributed by atoms with E-state index in [2.05, 4.69) is 33.8 Å². The van der Waals surface area contributed by atoms with Gasteiger partial charge in [0, 0.05) is 6.61 Å². The Morgan fingerprint density at radius 3 is 2.59 bits per heavy atom. The molecule has 2 rings (SSSR count). The SMILES string of the molecule is Cc1cc2c(c(C)c1CCCO)CC(C)(C)C2. The molecule has 17 heavy (non-hydrogen) atoms. The van der Waals surface area contributed by atoms with E-state index in [4.69, 9.17) is 5.11 Å². The Balaban J connectivity index is 2.39. The molecule has 0 aliphatic heterocycles. The van der Waals surface area contributed by atoms with Crippen LogP contribution in [0, 0.1) is 19.3 Å². The number of rotatable bonds is 3. The van der Waals surface area contributed by atoms with Crippen LogP contribution in [0.1, 0.15) is 48.1 Å². The first kappa shape index (κ1) is 12.6. The summed E-state index contributed by atoms with van der Waals surface area (Å²) in [6.07, 6.45) is 4.32. The highest BCUT2D eigenvalue weighted by atomic mass is 16.2. The number of hydrogen-bond acceptors (Lipinski definition) is 1. The van der Waals surface area contributed by atoms with Crippen LogP contribution >= 0.6 is 0 Å². The van der Waals surface area contributed by atoms with Crippen molar-refractivity contribution in [3.05, 3.63) is 33.9 Å². The second-order valence-corrected chi connectivity index (χ2v) is 6.28. The van der Waals surface area contributed by atoms with Crippen LogP contribution in [0.3, 0.4) is 0 Å². The maximum Gasteiger partial charge on any atom is 0.0434 e. The molecule has 94 valence electrons. The van der Waals surface area contributed by atoms with Crippen LogP contribution in [0.2, 0.25) is 0 Å². The molecule has 0 saturated heterocycles. The molecule has 0 bridgehead atoms. The van der Waals surface area contributed by atoms with Crippen molar-refractivity contribution >= 4 is 0 Å². The van der Waals surface area contributed by atoms with Gasteiger partial charge in [0.1, 0.15) is 0 Å². The molecule has 0 amide bonds. The molecule has 0 spiro atoms. The van der Waals surface area contributed by atoms with E-state index in [1.54, 1.807) is 11.1 Å². The third-order valence-corrected chi connectivity index (χ3v) is 4.07. The number of aliphatic hydroxyl groups excluding tert-OH is 1. The van der Waals surface area contributed by atoms with Crippen molar-refractivity contribution in [2.24, 2.45) is 5.41 Å². The van der Waals surface area contributed by atoms with Gasteiger partial charge in [0.2, 0.25) is 0 Å². The fraction of sp³-hybridized carbons (Fsp3) is 0.625. The first-order valence-electron chi connectivity index (χ1n) is 6.66. The molecule has 1 aromatic rings. The lowest BCUT2D eigenvalue weighted by Crippen LogP contribution is -2.09. The Bertz CT molecular complexity index is 430. The first-order valence-corrected chi connectivity index (χ1v) is 6.66. The second-order valence-electron chi connectivity index (χ2n) is 6.28. The van der Waals surface area contributed by atoms with E-state index in [1.165, 1.54) is 29.5 Å². The van der Waals surface area contributed by atoms with Gasteiger partial charge in [-0.2, -0.15) is 0 Å². The minimum atomic E-state index is 0.293. The van der Waals surface area contributed by atoms with Gasteiger partial charge in [-0.3, -0.25) is 0 Å². The van der Waals surface area contributed by atoms with Crippen molar-refractivity contribution in [1.29, 1.82) is 0 Å². The van der Waals surface area contributed by atoms with E-state index in [1.807, 2.05) is 0 Å². The molecule has 0 unspecified atom stereocenters. The highest BCUT2D eigenvalue weighted by Crippen LogP contribution is 2.39. The van der Waals surface area contributed by atoms with Crippen LogP contribution in [0.15, 0.2) is 6.07 Å². The van der Waals surface area contributed by atoms with Crippen molar-refractivity contribution in [2.75, 3.05) is 6.61 Å². The Morgan fingerprint density at radius 1 is 1.24 bits per heavy atom. The number of hydrogen-bond donors (Lipinski definition) is 1. The maximum absolute atomic E-state index is 8.99. The van der Waals surface area contributed by atoms with Gasteiger partial charge in [0.15, 0.2) is 0 Å². The molecule has 1 heteroatoms. The molecule has 0 heterocycles. The predicted molar refractivity (Wildman–Crippen MR) is 72.5 cm³/mol. The summed E-state index contributed by atoms with van der Waals surface area (Å²) in [5.41, 5.74) is 7.92. The van der Waals surface area contributed by atoms with Crippen LogP contribution in [0.4, 0.5) is 0 Å². The topological polar surface area (TPSA) is 20.2 Å². The van der Waals surface area contributed by atoms with E-state index in [0.717, 1.165) is 12.8 Å². The standard InChI is InChI=1S/C16H24O/c1-11-8-13-9-16(3,4)10-15(13)12(2)14(11)6-5-7-17/h8,17H,5-7,9-10H2,1-4H3. The summed E-state index contributed by atoms with van der Waals surface area (Å²) in [6.45, 7) is 9.48. The summed E-state index contributed by atoms with van der Waals surface area (Å²) in [4.78, 5) is 0. The molecule has 1 aromatic carbocycles. The van der Waals surface area contributed by atoms with Crippen molar-refractivity contribution < 1.29 is 5.11 Å². The average Bonchev–Trinajstić information content (AvgIpc) is 2.53. The van der Waals surface area contributed by atoms with Gasteiger partial charge in [-0.1, -0.05) is 19.9 Å². The van der Waals surface area contributed by atoms with Gasteiger partial charge in [0.25, 0.3) is 0 Å². The van der Waals surface area contributed by atoms with E-state index in [9.17, 15) is 0 Å². The molecular formula is C16H24O. The maximum atomic E-state index is 8.99. The van der Waals surface area contributed by atoms with Crippen LogP contribution in [-0.2, 0) is 19.3 Å². The first-order chi connectivity index (χ1) is 7.94. The van der Waals surface area contributed by atoms with Crippen molar-refractivity contribution in [2.45, 2.75) is 53.4 Å². The summed E-state index contributed by atoms with van der Waals surface area (Å²) < 4.78 is 0. The molecule has 0 fully saturated rings. The molecule has 0 radical (unpaired) electrons. The van der Waals surface area contributed by atoms with Crippen LogP contribution < -0.4 is 0 Å². The summed E-state index contributed by atoms with van der Waals surface area (Å²) >= 11 is 0. The molecule has 1 N–H and O–H groups in total. The summed E-state index contributed by atoms with van der Waals surface area (Å²) in [6, 6.07) is 2.38. The lowest BCUT2D eigenvalue weighted by Gasteiger charge is -2.16. The minimum absolute atomic E-state index is 0.293. The molecular weight excluding hydrogens is 208 g/mol. The smallest absolute Gasteiger partial charge is 0.0434 e. The normalized spacial score (nSPS) is 17.2. The molecule has 0 atom stereocenters. The third kappa shape index (κ3) is 2.40. The van der Waals surface area contributed by atoms with Gasteiger partial charge in [-0.15, -0.1) is 0 Å². The van der Waals surface area contributed by atoms with Crippen molar-refractivity contribution in [3.8, 4) is 0 Å². The fourth-order valence-electron chi connectivity index (χ4n) is 3.26. The molecule has 0 saturated carbocycles. The van der Waals surface area contributed by atoms with Crippen LogP contribution in [0.5, 0.6) is 0 Å². The van der Waals surface area contributed by atoms with E-state index < -0.39 is 0 Å². The number of aryl methyl sites for hydroxylation is 1. The molecule has 1 aliphatic rings. The lowest BCUT2D eigenvalue weighted by atomic mass is 9.89.